The maximum absolute atomic E-state index is 12.7. The first-order chi connectivity index (χ1) is 6.67. The molecule has 1 aromatic carbocycles. The van der Waals surface area contributed by atoms with Crippen LogP contribution in [0.5, 0.6) is 0 Å². The zero-order chi connectivity index (χ0) is 11.0. The minimum atomic E-state index is -0.332. The Morgan fingerprint density at radius 3 is 2.21 bits per heavy atom. The number of benzene rings is 1. The van der Waals surface area contributed by atoms with Crippen LogP contribution in [0.25, 0.3) is 0 Å². The maximum Gasteiger partial charge on any atom is 0.124 e. The third kappa shape index (κ3) is 4.61. The minimum Gasteiger partial charge on any atom is -0.207 e. The van der Waals surface area contributed by atoms with Gasteiger partial charge in [-0.15, -0.1) is 0 Å². The fraction of sp³-hybridized carbons (Fsp3) is 0.417. The molecule has 0 N–H and O–H groups in total. The standard InChI is InChI=1S/C9H8FN.C3H8/c1-2-7-3-8(6-11)5-9(10)4-7;1-3-2/h3-5H,2H2,1H3;3H2,1-2H3. The Labute approximate surface area is 85.2 Å². The molecule has 0 atom stereocenters. The van der Waals surface area contributed by atoms with Crippen LogP contribution in [-0.2, 0) is 6.42 Å². The summed E-state index contributed by atoms with van der Waals surface area (Å²) in [5.41, 5.74) is 1.25. The van der Waals surface area contributed by atoms with Crippen LogP contribution in [0, 0.1) is 17.1 Å². The van der Waals surface area contributed by atoms with Crippen LogP contribution < -0.4 is 0 Å². The normalized spacial score (nSPS) is 8.50. The van der Waals surface area contributed by atoms with Gasteiger partial charge in [-0.2, -0.15) is 5.26 Å². The van der Waals surface area contributed by atoms with Gasteiger partial charge in [-0.3, -0.25) is 0 Å². The first kappa shape index (κ1) is 12.6. The summed E-state index contributed by atoms with van der Waals surface area (Å²) in [4.78, 5) is 0. The van der Waals surface area contributed by atoms with Gasteiger partial charge >= 0.3 is 0 Å². The van der Waals surface area contributed by atoms with E-state index in [4.69, 9.17) is 5.26 Å². The lowest BCUT2D eigenvalue weighted by molar-refractivity contribution is 0.625. The van der Waals surface area contributed by atoms with Gasteiger partial charge in [0, 0.05) is 0 Å². The largest absolute Gasteiger partial charge is 0.207 e. The van der Waals surface area contributed by atoms with Crippen molar-refractivity contribution in [2.24, 2.45) is 0 Å². The number of hydrogen-bond acceptors (Lipinski definition) is 1. The van der Waals surface area contributed by atoms with E-state index in [0.717, 1.165) is 12.0 Å². The van der Waals surface area contributed by atoms with E-state index in [1.807, 2.05) is 13.0 Å². The number of nitriles is 1. The molecule has 0 aromatic heterocycles. The lowest BCUT2D eigenvalue weighted by Gasteiger charge is -1.96. The summed E-state index contributed by atoms with van der Waals surface area (Å²) in [5.74, 6) is -0.332. The predicted molar refractivity (Wildman–Crippen MR) is 56.5 cm³/mol. The van der Waals surface area contributed by atoms with Gasteiger partial charge in [0.2, 0.25) is 0 Å². The summed E-state index contributed by atoms with van der Waals surface area (Å²) < 4.78 is 12.7. The number of nitrogens with zero attached hydrogens (tertiary/aromatic N) is 1. The fourth-order valence-electron chi connectivity index (χ4n) is 0.919. The van der Waals surface area contributed by atoms with E-state index in [1.165, 1.54) is 18.6 Å². The average Bonchev–Trinajstić information content (AvgIpc) is 2.18. The lowest BCUT2D eigenvalue weighted by Crippen LogP contribution is -1.85. The van der Waals surface area contributed by atoms with Crippen molar-refractivity contribution in [1.82, 2.24) is 0 Å². The van der Waals surface area contributed by atoms with Crippen molar-refractivity contribution >= 4 is 0 Å². The van der Waals surface area contributed by atoms with Gasteiger partial charge in [-0.05, 0) is 30.2 Å². The molecule has 0 spiro atoms. The molecule has 2 heteroatoms. The first-order valence-electron chi connectivity index (χ1n) is 4.87. The van der Waals surface area contributed by atoms with Crippen molar-refractivity contribution in [3.63, 3.8) is 0 Å². The average molecular weight is 193 g/mol. The van der Waals surface area contributed by atoms with Gasteiger partial charge in [-0.1, -0.05) is 27.2 Å². The van der Waals surface area contributed by atoms with Crippen molar-refractivity contribution in [3.05, 3.63) is 35.1 Å². The molecule has 0 aliphatic carbocycles. The monoisotopic (exact) mass is 193 g/mol. The predicted octanol–water partition coefficient (Wildman–Crippen LogP) is 3.68. The highest BCUT2D eigenvalue weighted by Crippen LogP contribution is 2.08. The number of rotatable bonds is 1. The van der Waals surface area contributed by atoms with Gasteiger partial charge in [-0.25, -0.2) is 4.39 Å². The third-order valence-electron chi connectivity index (χ3n) is 1.49. The summed E-state index contributed by atoms with van der Waals surface area (Å²) in [6.07, 6.45) is 2.01. The Hall–Kier alpha value is -1.36. The molecule has 76 valence electrons. The maximum atomic E-state index is 12.7. The smallest absolute Gasteiger partial charge is 0.124 e. The minimum absolute atomic E-state index is 0.332. The second kappa shape index (κ2) is 7.08. The van der Waals surface area contributed by atoms with Gasteiger partial charge in [0.25, 0.3) is 0 Å². The molecule has 0 aliphatic heterocycles. The summed E-state index contributed by atoms with van der Waals surface area (Å²) in [7, 11) is 0. The van der Waals surface area contributed by atoms with Gasteiger partial charge in [0.1, 0.15) is 5.82 Å². The Bertz CT molecular complexity index is 313. The Kier molecular flexibility index (Phi) is 6.39. The number of hydrogen-bond donors (Lipinski definition) is 0. The summed E-state index contributed by atoms with van der Waals surface area (Å²) in [6, 6.07) is 6.28. The molecule has 0 saturated carbocycles. The summed E-state index contributed by atoms with van der Waals surface area (Å²) >= 11 is 0. The third-order valence-corrected chi connectivity index (χ3v) is 1.49. The van der Waals surface area contributed by atoms with Crippen molar-refractivity contribution in [3.8, 4) is 6.07 Å². The molecule has 1 nitrogen and oxygen atoms in total. The second-order valence-corrected chi connectivity index (χ2v) is 3.02. The van der Waals surface area contributed by atoms with Crippen molar-refractivity contribution < 1.29 is 4.39 Å². The van der Waals surface area contributed by atoms with Crippen LogP contribution in [0.3, 0.4) is 0 Å². The van der Waals surface area contributed by atoms with E-state index >= 15 is 0 Å². The Morgan fingerprint density at radius 2 is 1.79 bits per heavy atom. The molecule has 14 heavy (non-hydrogen) atoms. The fourth-order valence-corrected chi connectivity index (χ4v) is 0.919. The molecule has 0 saturated heterocycles. The molecule has 0 aliphatic rings. The highest BCUT2D eigenvalue weighted by Gasteiger charge is 1.97. The topological polar surface area (TPSA) is 23.8 Å². The lowest BCUT2D eigenvalue weighted by atomic mass is 10.1. The molecule has 0 radical (unpaired) electrons. The number of aryl methyl sites for hydroxylation is 1. The van der Waals surface area contributed by atoms with Crippen LogP contribution in [-0.4, -0.2) is 0 Å². The van der Waals surface area contributed by atoms with Crippen molar-refractivity contribution in [2.45, 2.75) is 33.6 Å². The molecule has 1 aromatic rings. The van der Waals surface area contributed by atoms with Crippen LogP contribution in [0.4, 0.5) is 4.39 Å². The first-order valence-corrected chi connectivity index (χ1v) is 4.87. The zero-order valence-corrected chi connectivity index (χ0v) is 8.97. The van der Waals surface area contributed by atoms with Crippen LogP contribution in [0.1, 0.15) is 38.3 Å². The molecule has 0 amide bonds. The Morgan fingerprint density at radius 1 is 1.21 bits per heavy atom. The van der Waals surface area contributed by atoms with Gasteiger partial charge in [0.15, 0.2) is 0 Å². The molecule has 1 rings (SSSR count). The van der Waals surface area contributed by atoms with E-state index < -0.39 is 0 Å². The second-order valence-electron chi connectivity index (χ2n) is 3.02. The van der Waals surface area contributed by atoms with E-state index in [2.05, 4.69) is 13.8 Å². The summed E-state index contributed by atoms with van der Waals surface area (Å²) in [5, 5.41) is 8.47. The molecule has 0 fully saturated rings. The SMILES string of the molecule is CCC.CCc1cc(F)cc(C#N)c1. The molecule has 0 unspecified atom stereocenters. The molecule has 0 heterocycles. The van der Waals surface area contributed by atoms with Crippen LogP contribution >= 0.6 is 0 Å². The summed E-state index contributed by atoms with van der Waals surface area (Å²) in [6.45, 7) is 6.18. The zero-order valence-electron chi connectivity index (χ0n) is 8.97. The highest BCUT2D eigenvalue weighted by molar-refractivity contribution is 5.33. The number of halogens is 1. The molecule has 0 bridgehead atoms. The van der Waals surface area contributed by atoms with Crippen LogP contribution in [0.15, 0.2) is 18.2 Å². The van der Waals surface area contributed by atoms with Crippen LogP contribution in [0.2, 0.25) is 0 Å². The highest BCUT2D eigenvalue weighted by atomic mass is 19.1. The Balaban J connectivity index is 0.000000500. The van der Waals surface area contributed by atoms with Crippen molar-refractivity contribution in [2.75, 3.05) is 0 Å². The van der Waals surface area contributed by atoms with E-state index in [9.17, 15) is 4.39 Å². The van der Waals surface area contributed by atoms with Gasteiger partial charge < -0.3 is 0 Å². The van der Waals surface area contributed by atoms with E-state index in [1.54, 1.807) is 6.07 Å². The van der Waals surface area contributed by atoms with E-state index in [-0.39, 0.29) is 5.82 Å². The molecular formula is C12H16FN. The van der Waals surface area contributed by atoms with E-state index in [0.29, 0.717) is 5.56 Å². The van der Waals surface area contributed by atoms with Crippen molar-refractivity contribution in [1.29, 1.82) is 5.26 Å². The van der Waals surface area contributed by atoms with Gasteiger partial charge in [0.05, 0.1) is 11.6 Å². The molecular weight excluding hydrogens is 177 g/mol. The quantitative estimate of drug-likeness (QED) is 0.667.